The fourth-order valence-electron chi connectivity index (χ4n) is 5.28. The Kier molecular flexibility index (Phi) is 7.65. The number of nitrogens with zero attached hydrogens (tertiary/aromatic N) is 6. The maximum absolute atomic E-state index is 16.0. The van der Waals surface area contributed by atoms with E-state index >= 15 is 8.78 Å². The van der Waals surface area contributed by atoms with Crippen LogP contribution in [0.2, 0.25) is 0 Å². The van der Waals surface area contributed by atoms with Gasteiger partial charge in [0.15, 0.2) is 41.8 Å². The molecule has 3 aliphatic rings. The molecular weight excluding hydrogens is 672 g/mol. The van der Waals surface area contributed by atoms with Crippen molar-refractivity contribution >= 4 is 65.6 Å². The highest BCUT2D eigenvalue weighted by molar-refractivity contribution is 8.44. The third-order valence-corrected chi connectivity index (χ3v) is 10.5. The van der Waals surface area contributed by atoms with Crippen LogP contribution in [0.25, 0.3) is 22.2 Å². The van der Waals surface area contributed by atoms with Crippen LogP contribution in [0, 0.1) is 0 Å². The van der Waals surface area contributed by atoms with Gasteiger partial charge in [-0.25, -0.2) is 33.3 Å². The number of hydrogen-bond donors (Lipinski definition) is 4. The number of hydrogen-bond acceptors (Lipinski definition) is 14. The van der Waals surface area contributed by atoms with Crippen LogP contribution in [0.4, 0.5) is 14.6 Å². The van der Waals surface area contributed by atoms with Crippen LogP contribution in [-0.4, -0.2) is 88.9 Å². The van der Waals surface area contributed by atoms with Gasteiger partial charge in [0.2, 0.25) is 0 Å². The van der Waals surface area contributed by atoms with Crippen LogP contribution in [0.15, 0.2) is 36.0 Å². The number of alkyl halides is 2. The Morgan fingerprint density at radius 3 is 2.55 bits per heavy atom. The molecule has 3 fully saturated rings. The first-order valence-corrected chi connectivity index (χ1v) is 18.1. The van der Waals surface area contributed by atoms with Crippen molar-refractivity contribution in [2.45, 2.75) is 49.2 Å². The Labute approximate surface area is 254 Å². The number of H-pyrrole nitrogens is 1. The maximum atomic E-state index is 16.0. The molecule has 0 amide bonds. The van der Waals surface area contributed by atoms with E-state index in [1.165, 1.54) is 34.1 Å². The van der Waals surface area contributed by atoms with Crippen molar-refractivity contribution in [3.63, 3.8) is 0 Å². The fourth-order valence-corrected chi connectivity index (χ4v) is 8.17. The quantitative estimate of drug-likeness (QED) is 0.174. The number of aromatic amines is 1. The summed E-state index contributed by atoms with van der Waals surface area (Å²) in [6.45, 7) is -10.1. The van der Waals surface area contributed by atoms with Gasteiger partial charge in [-0.2, -0.15) is 0 Å². The third-order valence-electron chi connectivity index (χ3n) is 7.28. The summed E-state index contributed by atoms with van der Waals surface area (Å²) in [7, 11) is 0. The summed E-state index contributed by atoms with van der Waals surface area (Å²) >= 11 is 9.15. The minimum atomic E-state index is -4.42. The molecule has 0 radical (unpaired) electrons. The first kappa shape index (κ1) is 30.2. The molecule has 0 aliphatic carbocycles. The summed E-state index contributed by atoms with van der Waals surface area (Å²) in [6, 6.07) is 1.51. The van der Waals surface area contributed by atoms with Gasteiger partial charge in [-0.1, -0.05) is 12.2 Å². The standard InChI is InChI=1S/C21H22F2N8O9P2S2/c22-11-9-3-35-41(33,43)39-15-10(38-20(12(15)23)31-7-29-14-17(24)26-5-27-18(14)31)4-36-42(34,44)40-16(11)21(37-9)30-6-28-13-8(30)1-2-25-19(13)32/h1-2,5-7,9-12,15-16,20-21H,3-4H2,(H,25,32)(H,33,43)(H,34,44)(H2,24,26,27)/t9-,10-,11+,12+,15-,16-,20-,21-,41?,42?/m1/s1. The molecule has 44 heavy (non-hydrogen) atoms. The molecule has 17 nitrogen and oxygen atoms in total. The molecule has 23 heteroatoms. The number of nitrogen functional groups attached to an aromatic ring is 1. The van der Waals surface area contributed by atoms with E-state index in [4.69, 9.17) is 45.1 Å². The summed E-state index contributed by atoms with van der Waals surface area (Å²) < 4.78 is 81.2. The van der Waals surface area contributed by atoms with E-state index in [-0.39, 0.29) is 28.0 Å². The van der Waals surface area contributed by atoms with Crippen LogP contribution in [0.3, 0.4) is 0 Å². The third kappa shape index (κ3) is 5.28. The Balaban J connectivity index is 1.20. The van der Waals surface area contributed by atoms with Crippen LogP contribution >= 0.6 is 25.8 Å². The lowest BCUT2D eigenvalue weighted by Crippen LogP contribution is -2.34. The highest BCUT2D eigenvalue weighted by Crippen LogP contribution is 2.58. The van der Waals surface area contributed by atoms with Gasteiger partial charge in [-0.3, -0.25) is 22.9 Å². The number of nitrogens with two attached hydrogens (primary N) is 1. The zero-order chi connectivity index (χ0) is 31.0. The van der Waals surface area contributed by atoms with Gasteiger partial charge in [0.1, 0.15) is 36.3 Å². The Morgan fingerprint density at radius 2 is 1.73 bits per heavy atom. The predicted molar refractivity (Wildman–Crippen MR) is 152 cm³/mol. The molecule has 2 unspecified atom stereocenters. The molecule has 3 aliphatic heterocycles. The smallest absolute Gasteiger partial charge is 0.382 e. The molecule has 10 atom stereocenters. The average molecular weight is 695 g/mol. The number of ether oxygens (including phenoxy) is 2. The number of imidazole rings is 2. The van der Waals surface area contributed by atoms with Gasteiger partial charge >= 0.3 is 13.5 Å². The molecule has 0 saturated carbocycles. The van der Waals surface area contributed by atoms with Crippen molar-refractivity contribution in [2.24, 2.45) is 0 Å². The van der Waals surface area contributed by atoms with Gasteiger partial charge < -0.3 is 34.2 Å². The minimum Gasteiger partial charge on any atom is -0.382 e. The predicted octanol–water partition coefficient (Wildman–Crippen LogP) is 1.69. The minimum absolute atomic E-state index is 0.0341. The number of pyridine rings is 1. The van der Waals surface area contributed by atoms with E-state index in [0.29, 0.717) is 0 Å². The fraction of sp³-hybridized carbons (Fsp3) is 0.476. The molecule has 0 spiro atoms. The molecule has 2 bridgehead atoms. The lowest BCUT2D eigenvalue weighted by molar-refractivity contribution is -0.0583. The van der Waals surface area contributed by atoms with E-state index in [0.717, 1.165) is 6.33 Å². The second-order valence-electron chi connectivity index (χ2n) is 9.96. The topological polar surface area (TPSA) is 213 Å². The zero-order valence-electron chi connectivity index (χ0n) is 21.9. The normalized spacial score (nSPS) is 38.3. The van der Waals surface area contributed by atoms with E-state index in [1.54, 1.807) is 0 Å². The molecule has 4 aromatic heterocycles. The molecule has 4 N–H and O–H groups in total. The summed E-state index contributed by atoms with van der Waals surface area (Å²) in [4.78, 5) is 41.8. The SMILES string of the molecule is Nc1ncnc2c1ncn2[C@@H]1O[C@@H]2COP(O)(=S)O[C@@H]3[C@@H](F)[C@@H](COP(=O)(S)O[C@H]2[C@@H]1F)O[C@H]3n1cnc2c(=O)[nH]ccc21. The summed E-state index contributed by atoms with van der Waals surface area (Å²) in [5, 5.41) is 0. The van der Waals surface area contributed by atoms with Gasteiger partial charge in [-0.15, -0.1) is 0 Å². The van der Waals surface area contributed by atoms with Gasteiger partial charge in [0.05, 0.1) is 31.4 Å². The molecule has 0 aromatic carbocycles. The lowest BCUT2D eigenvalue weighted by atomic mass is 10.1. The lowest BCUT2D eigenvalue weighted by Gasteiger charge is -2.27. The second kappa shape index (κ2) is 11.1. The maximum Gasteiger partial charge on any atom is 0.386 e. The zero-order valence-corrected chi connectivity index (χ0v) is 25.4. The van der Waals surface area contributed by atoms with Crippen molar-refractivity contribution < 1.29 is 45.8 Å². The largest absolute Gasteiger partial charge is 0.386 e. The first-order chi connectivity index (χ1) is 20.9. The van der Waals surface area contributed by atoms with Gasteiger partial charge in [0, 0.05) is 6.20 Å². The Bertz CT molecular complexity index is 1900. The molecule has 3 saturated heterocycles. The molecule has 7 heterocycles. The van der Waals surface area contributed by atoms with Crippen LogP contribution in [0.5, 0.6) is 0 Å². The van der Waals surface area contributed by atoms with Crippen LogP contribution < -0.4 is 11.3 Å². The molecule has 7 rings (SSSR count). The number of nitrogens with one attached hydrogen (secondary N) is 1. The second-order valence-corrected chi connectivity index (χ2v) is 15.6. The van der Waals surface area contributed by atoms with E-state index in [1.807, 2.05) is 0 Å². The summed E-state index contributed by atoms with van der Waals surface area (Å²) in [5.74, 6) is 0.0486. The van der Waals surface area contributed by atoms with E-state index in [2.05, 4.69) is 37.2 Å². The molecular formula is C21H22F2N8O9P2S2. The number of aromatic nitrogens is 7. The number of rotatable bonds is 2. The Morgan fingerprint density at radius 1 is 1.00 bits per heavy atom. The first-order valence-electron chi connectivity index (χ1n) is 12.8. The molecule has 4 aromatic rings. The summed E-state index contributed by atoms with van der Waals surface area (Å²) in [5.41, 5.74) is 5.96. The van der Waals surface area contributed by atoms with Crippen molar-refractivity contribution in [1.82, 2.24) is 34.1 Å². The van der Waals surface area contributed by atoms with Crippen molar-refractivity contribution in [3.05, 3.63) is 41.6 Å². The molecule has 236 valence electrons. The number of thiol groups is 1. The summed E-state index contributed by atoms with van der Waals surface area (Å²) in [6.07, 6.45) is -7.92. The van der Waals surface area contributed by atoms with E-state index < -0.39 is 81.5 Å². The van der Waals surface area contributed by atoms with Crippen molar-refractivity contribution in [2.75, 3.05) is 18.9 Å². The Hall–Kier alpha value is -2.42. The number of halogens is 2. The van der Waals surface area contributed by atoms with Crippen molar-refractivity contribution in [1.29, 1.82) is 0 Å². The van der Waals surface area contributed by atoms with Gasteiger partial charge in [0.25, 0.3) is 5.56 Å². The van der Waals surface area contributed by atoms with Crippen LogP contribution in [-0.2, 0) is 43.9 Å². The van der Waals surface area contributed by atoms with E-state index in [9.17, 15) is 14.3 Å². The highest BCUT2D eigenvalue weighted by atomic mass is 32.7. The van der Waals surface area contributed by atoms with Crippen molar-refractivity contribution in [3.8, 4) is 0 Å². The van der Waals surface area contributed by atoms with Crippen LogP contribution in [0.1, 0.15) is 12.5 Å². The monoisotopic (exact) mass is 694 g/mol. The highest BCUT2D eigenvalue weighted by Gasteiger charge is 2.54. The number of anilines is 1. The number of fused-ring (bicyclic) bond motifs is 5. The van der Waals surface area contributed by atoms with Gasteiger partial charge in [-0.05, 0) is 17.9 Å². The average Bonchev–Trinajstić information content (AvgIpc) is 3.73.